The molecule has 1 unspecified atom stereocenters. The van der Waals surface area contributed by atoms with Crippen LogP contribution in [-0.4, -0.2) is 23.7 Å². The predicted octanol–water partition coefficient (Wildman–Crippen LogP) is 2.91. The van der Waals surface area contributed by atoms with Gasteiger partial charge in [-0.05, 0) is 50.8 Å². The molecule has 5 nitrogen and oxygen atoms in total. The maximum absolute atomic E-state index is 12.2. The maximum Gasteiger partial charge on any atom is 0.220 e. The molecule has 1 amide bonds. The first-order chi connectivity index (χ1) is 11.5. The van der Waals surface area contributed by atoms with Crippen LogP contribution in [0.1, 0.15) is 41.5 Å². The van der Waals surface area contributed by atoms with Gasteiger partial charge in [0.15, 0.2) is 0 Å². The third kappa shape index (κ3) is 3.78. The highest BCUT2D eigenvalue weighted by Crippen LogP contribution is 2.26. The van der Waals surface area contributed by atoms with Crippen LogP contribution in [-0.2, 0) is 24.1 Å². The minimum atomic E-state index is 0.0620. The van der Waals surface area contributed by atoms with Gasteiger partial charge in [0.2, 0.25) is 5.91 Å². The van der Waals surface area contributed by atoms with E-state index < -0.39 is 0 Å². The summed E-state index contributed by atoms with van der Waals surface area (Å²) < 4.78 is 10.7. The van der Waals surface area contributed by atoms with Crippen molar-refractivity contribution in [3.8, 4) is 5.75 Å². The fraction of sp³-hybridized carbons (Fsp3) is 0.474. The zero-order valence-corrected chi connectivity index (χ0v) is 14.5. The van der Waals surface area contributed by atoms with Crippen molar-refractivity contribution in [1.29, 1.82) is 0 Å². The Kier molecular flexibility index (Phi) is 4.88. The number of benzene rings is 1. The summed E-state index contributed by atoms with van der Waals surface area (Å²) in [7, 11) is 0. The number of rotatable bonds is 6. The number of aryl methyl sites for hydroxylation is 2. The molecule has 0 spiro atoms. The van der Waals surface area contributed by atoms with Gasteiger partial charge in [0.1, 0.15) is 11.5 Å². The minimum absolute atomic E-state index is 0.0620. The molecule has 0 saturated carbocycles. The van der Waals surface area contributed by atoms with Crippen molar-refractivity contribution in [1.82, 2.24) is 10.5 Å². The van der Waals surface area contributed by atoms with Gasteiger partial charge in [0, 0.05) is 24.4 Å². The zero-order chi connectivity index (χ0) is 17.1. The highest BCUT2D eigenvalue weighted by Gasteiger charge is 2.15. The van der Waals surface area contributed by atoms with Crippen LogP contribution < -0.4 is 10.1 Å². The van der Waals surface area contributed by atoms with Gasteiger partial charge in [0.25, 0.3) is 0 Å². The van der Waals surface area contributed by atoms with Crippen molar-refractivity contribution < 1.29 is 14.1 Å². The van der Waals surface area contributed by atoms with Crippen molar-refractivity contribution in [3.63, 3.8) is 0 Å². The molecule has 2 aromatic rings. The van der Waals surface area contributed by atoms with Gasteiger partial charge in [-0.15, -0.1) is 0 Å². The van der Waals surface area contributed by atoms with E-state index in [1.807, 2.05) is 26.8 Å². The van der Waals surface area contributed by atoms with Crippen molar-refractivity contribution >= 4 is 5.91 Å². The molecule has 0 saturated heterocycles. The third-order valence-electron chi connectivity index (χ3n) is 4.49. The largest absolute Gasteiger partial charge is 0.493 e. The van der Waals surface area contributed by atoms with E-state index in [0.717, 1.165) is 42.2 Å². The Balaban J connectivity index is 1.49. The molecule has 0 bridgehead atoms. The molecule has 0 radical (unpaired) electrons. The van der Waals surface area contributed by atoms with Gasteiger partial charge >= 0.3 is 0 Å². The first-order valence-corrected chi connectivity index (χ1v) is 8.48. The van der Waals surface area contributed by atoms with Gasteiger partial charge in [-0.3, -0.25) is 4.79 Å². The molecule has 3 rings (SSSR count). The molecule has 1 aliphatic heterocycles. The minimum Gasteiger partial charge on any atom is -0.493 e. The normalized spacial score (nSPS) is 14.1. The summed E-state index contributed by atoms with van der Waals surface area (Å²) in [6.07, 6.45) is 2.91. The van der Waals surface area contributed by atoms with Crippen LogP contribution >= 0.6 is 0 Å². The molecule has 1 atom stereocenters. The molecule has 1 N–H and O–H groups in total. The second kappa shape index (κ2) is 7.07. The molecule has 128 valence electrons. The summed E-state index contributed by atoms with van der Waals surface area (Å²) in [5, 5.41) is 7.00. The van der Waals surface area contributed by atoms with E-state index in [2.05, 4.69) is 22.6 Å². The fourth-order valence-corrected chi connectivity index (χ4v) is 3.22. The van der Waals surface area contributed by atoms with Crippen LogP contribution in [0.5, 0.6) is 5.75 Å². The van der Waals surface area contributed by atoms with Crippen LogP contribution in [0.3, 0.4) is 0 Å². The van der Waals surface area contributed by atoms with Crippen LogP contribution in [0.4, 0.5) is 0 Å². The standard InChI is InChI=1S/C19H24N2O3/c1-12(10-15-4-6-18-16(11-15)8-9-23-18)20-19(22)7-5-17-13(2)21-24-14(17)3/h4,6,11-12H,5,7-10H2,1-3H3,(H,20,22). The summed E-state index contributed by atoms with van der Waals surface area (Å²) in [5.41, 5.74) is 4.41. The molecular formula is C19H24N2O3. The van der Waals surface area contributed by atoms with Crippen molar-refractivity contribution in [3.05, 3.63) is 46.3 Å². The van der Waals surface area contributed by atoms with E-state index in [1.165, 1.54) is 11.1 Å². The highest BCUT2D eigenvalue weighted by molar-refractivity contribution is 5.76. The van der Waals surface area contributed by atoms with E-state index in [0.29, 0.717) is 12.8 Å². The number of hydrogen-bond donors (Lipinski definition) is 1. The lowest BCUT2D eigenvalue weighted by Crippen LogP contribution is -2.34. The Hall–Kier alpha value is -2.30. The van der Waals surface area contributed by atoms with E-state index in [4.69, 9.17) is 9.26 Å². The van der Waals surface area contributed by atoms with Crippen LogP contribution in [0, 0.1) is 13.8 Å². The van der Waals surface area contributed by atoms with E-state index in [1.54, 1.807) is 0 Å². The second-order valence-electron chi connectivity index (χ2n) is 6.52. The second-order valence-corrected chi connectivity index (χ2v) is 6.52. The van der Waals surface area contributed by atoms with Gasteiger partial charge in [-0.2, -0.15) is 0 Å². The molecule has 2 heterocycles. The Labute approximate surface area is 142 Å². The van der Waals surface area contributed by atoms with Gasteiger partial charge < -0.3 is 14.6 Å². The highest BCUT2D eigenvalue weighted by atomic mass is 16.5. The smallest absolute Gasteiger partial charge is 0.220 e. The molecule has 1 aromatic heterocycles. The molecule has 24 heavy (non-hydrogen) atoms. The number of nitrogens with zero attached hydrogens (tertiary/aromatic N) is 1. The van der Waals surface area contributed by atoms with E-state index in [-0.39, 0.29) is 11.9 Å². The van der Waals surface area contributed by atoms with Crippen LogP contribution in [0.15, 0.2) is 22.7 Å². The van der Waals surface area contributed by atoms with Crippen molar-refractivity contribution in [2.75, 3.05) is 6.61 Å². The van der Waals surface area contributed by atoms with Crippen LogP contribution in [0.25, 0.3) is 0 Å². The number of carbonyl (C=O) groups is 1. The summed E-state index contributed by atoms with van der Waals surface area (Å²) in [5.74, 6) is 1.86. The van der Waals surface area contributed by atoms with Gasteiger partial charge in [-0.25, -0.2) is 0 Å². The summed E-state index contributed by atoms with van der Waals surface area (Å²) in [6, 6.07) is 6.40. The maximum atomic E-state index is 12.2. The van der Waals surface area contributed by atoms with E-state index >= 15 is 0 Å². The lowest BCUT2D eigenvalue weighted by Gasteiger charge is -2.14. The average Bonchev–Trinajstić information content (AvgIpc) is 3.12. The number of ether oxygens (including phenoxy) is 1. The number of carbonyl (C=O) groups excluding carboxylic acids is 1. The number of amides is 1. The Morgan fingerprint density at radius 2 is 2.21 bits per heavy atom. The topological polar surface area (TPSA) is 64.4 Å². The predicted molar refractivity (Wildman–Crippen MR) is 91.2 cm³/mol. The molecular weight excluding hydrogens is 304 g/mol. The number of fused-ring (bicyclic) bond motifs is 1. The molecule has 0 aliphatic carbocycles. The first-order valence-electron chi connectivity index (χ1n) is 8.48. The lowest BCUT2D eigenvalue weighted by atomic mass is 10.0. The summed E-state index contributed by atoms with van der Waals surface area (Å²) in [6.45, 7) is 6.60. The Bertz CT molecular complexity index is 717. The monoisotopic (exact) mass is 328 g/mol. The van der Waals surface area contributed by atoms with E-state index in [9.17, 15) is 4.79 Å². The Morgan fingerprint density at radius 1 is 1.38 bits per heavy atom. The quantitative estimate of drug-likeness (QED) is 0.885. The molecule has 1 aliphatic rings. The Morgan fingerprint density at radius 3 is 2.96 bits per heavy atom. The van der Waals surface area contributed by atoms with Gasteiger partial charge in [-0.1, -0.05) is 17.3 Å². The SMILES string of the molecule is Cc1noc(C)c1CCC(=O)NC(C)Cc1ccc2c(c1)CCO2. The third-order valence-corrected chi connectivity index (χ3v) is 4.49. The van der Waals surface area contributed by atoms with Gasteiger partial charge in [0.05, 0.1) is 12.3 Å². The number of aromatic nitrogens is 1. The molecule has 5 heteroatoms. The number of nitrogens with one attached hydrogen (secondary N) is 1. The molecule has 1 aromatic carbocycles. The summed E-state index contributed by atoms with van der Waals surface area (Å²) in [4.78, 5) is 12.2. The number of hydrogen-bond acceptors (Lipinski definition) is 4. The first kappa shape index (κ1) is 16.6. The molecule has 0 fully saturated rings. The zero-order valence-electron chi connectivity index (χ0n) is 14.5. The lowest BCUT2D eigenvalue weighted by molar-refractivity contribution is -0.121. The van der Waals surface area contributed by atoms with Crippen molar-refractivity contribution in [2.24, 2.45) is 0 Å². The average molecular weight is 328 g/mol. The summed E-state index contributed by atoms with van der Waals surface area (Å²) >= 11 is 0. The van der Waals surface area contributed by atoms with Crippen LogP contribution in [0.2, 0.25) is 0 Å². The fourth-order valence-electron chi connectivity index (χ4n) is 3.22. The van der Waals surface area contributed by atoms with Crippen molar-refractivity contribution in [2.45, 2.75) is 52.5 Å².